The summed E-state index contributed by atoms with van der Waals surface area (Å²) in [6.45, 7) is 5.11. The molecule has 116 valence electrons. The molecule has 0 unspecified atom stereocenters. The van der Waals surface area contributed by atoms with E-state index < -0.39 is 6.03 Å². The van der Waals surface area contributed by atoms with Gasteiger partial charge in [-0.15, -0.1) is 0 Å². The number of urea groups is 1. The highest BCUT2D eigenvalue weighted by atomic mass is 16.2. The van der Waals surface area contributed by atoms with Gasteiger partial charge >= 0.3 is 6.03 Å². The van der Waals surface area contributed by atoms with Gasteiger partial charge in [-0.1, -0.05) is 19.0 Å². The second kappa shape index (κ2) is 11.4. The van der Waals surface area contributed by atoms with E-state index in [0.717, 1.165) is 6.42 Å². The fourth-order valence-electron chi connectivity index (χ4n) is 1.74. The van der Waals surface area contributed by atoms with Gasteiger partial charge in [-0.2, -0.15) is 0 Å². The van der Waals surface area contributed by atoms with E-state index in [2.05, 4.69) is 20.1 Å². The fraction of sp³-hybridized carbons (Fsp3) is 0.818. The van der Waals surface area contributed by atoms with Crippen LogP contribution in [0, 0.1) is 0 Å². The van der Waals surface area contributed by atoms with E-state index in [4.69, 9.17) is 11.1 Å². The molecule has 0 fully saturated rings. The van der Waals surface area contributed by atoms with Crippen LogP contribution in [0.3, 0.4) is 0 Å². The third-order valence-electron chi connectivity index (χ3n) is 2.65. The second-order valence-corrected chi connectivity index (χ2v) is 4.23. The first-order chi connectivity index (χ1) is 10.1. The number of hydrogen-bond acceptors (Lipinski definition) is 3. The highest BCUT2D eigenvalue weighted by Gasteiger charge is 2.16. The van der Waals surface area contributed by atoms with Gasteiger partial charge in [-0.25, -0.2) is 0 Å². The monoisotopic (exact) mass is 296 g/mol. The molecule has 10 heteroatoms. The number of hydrogen-bond donors (Lipinski definition) is 0. The molecule has 21 heavy (non-hydrogen) atoms. The van der Waals surface area contributed by atoms with Crippen molar-refractivity contribution in [3.8, 4) is 0 Å². The first kappa shape index (κ1) is 18.6. The lowest BCUT2D eigenvalue weighted by Gasteiger charge is -2.26. The summed E-state index contributed by atoms with van der Waals surface area (Å²) < 4.78 is 0. The van der Waals surface area contributed by atoms with Crippen LogP contribution in [0.5, 0.6) is 0 Å². The van der Waals surface area contributed by atoms with Gasteiger partial charge in [0.2, 0.25) is 5.91 Å². The first-order valence-corrected chi connectivity index (χ1v) is 6.73. The smallest absolute Gasteiger partial charge is 0.310 e. The van der Waals surface area contributed by atoms with E-state index >= 15 is 0 Å². The van der Waals surface area contributed by atoms with Gasteiger partial charge in [-0.05, 0) is 23.9 Å². The van der Waals surface area contributed by atoms with Crippen molar-refractivity contribution < 1.29 is 9.59 Å². The summed E-state index contributed by atoms with van der Waals surface area (Å²) >= 11 is 0. The van der Waals surface area contributed by atoms with Crippen LogP contribution in [-0.4, -0.2) is 54.5 Å². The van der Waals surface area contributed by atoms with Crippen molar-refractivity contribution >= 4 is 11.9 Å². The molecule has 0 aromatic carbocycles. The maximum atomic E-state index is 11.8. The van der Waals surface area contributed by atoms with E-state index in [1.54, 1.807) is 0 Å². The van der Waals surface area contributed by atoms with Gasteiger partial charge in [-0.3, -0.25) is 9.59 Å². The van der Waals surface area contributed by atoms with Crippen LogP contribution >= 0.6 is 0 Å². The molecule has 0 N–H and O–H groups in total. The summed E-state index contributed by atoms with van der Waals surface area (Å²) in [7, 11) is 0. The standard InChI is InChI=1S/C11H20N8O2/c1-3-5-18(10(20)9-14-16-12)7-8-19(6-4-2)11(21)15-17-13/h3-9H2,1-2H3. The molecule has 0 saturated heterocycles. The number of rotatable bonds is 9. The summed E-state index contributed by atoms with van der Waals surface area (Å²) in [5.74, 6) is -0.290. The van der Waals surface area contributed by atoms with Gasteiger partial charge in [0.25, 0.3) is 0 Å². The van der Waals surface area contributed by atoms with Crippen LogP contribution in [0.2, 0.25) is 0 Å². The molecule has 0 aromatic heterocycles. The van der Waals surface area contributed by atoms with E-state index in [-0.39, 0.29) is 19.0 Å². The molecule has 0 heterocycles. The largest absolute Gasteiger partial charge is 0.341 e. The van der Waals surface area contributed by atoms with E-state index in [9.17, 15) is 9.59 Å². The Morgan fingerprint density at radius 2 is 1.52 bits per heavy atom. The van der Waals surface area contributed by atoms with Crippen molar-refractivity contribution in [2.75, 3.05) is 32.7 Å². The molecule has 0 aliphatic heterocycles. The molecule has 0 aromatic rings. The Kier molecular flexibility index (Phi) is 10.1. The molecule has 3 amide bonds. The molecule has 0 aliphatic rings. The van der Waals surface area contributed by atoms with Gasteiger partial charge in [0.1, 0.15) is 6.54 Å². The first-order valence-electron chi connectivity index (χ1n) is 6.73. The third-order valence-corrected chi connectivity index (χ3v) is 2.65. The molecule has 0 spiro atoms. The predicted molar refractivity (Wildman–Crippen MR) is 77.3 cm³/mol. The Hall–Kier alpha value is -2.44. The van der Waals surface area contributed by atoms with Crippen molar-refractivity contribution in [1.29, 1.82) is 0 Å². The SMILES string of the molecule is CCCN(CCN(CCC)C(=O)N=[N+]=[N-])C(=O)CN=[N+]=[N-]. The van der Waals surface area contributed by atoms with E-state index in [1.165, 1.54) is 9.80 Å². The van der Waals surface area contributed by atoms with Gasteiger partial charge in [0.15, 0.2) is 0 Å². The van der Waals surface area contributed by atoms with Crippen LogP contribution in [0.4, 0.5) is 4.79 Å². The Labute approximate surface area is 122 Å². The molecule has 0 rings (SSSR count). The van der Waals surface area contributed by atoms with Crippen molar-refractivity contribution in [3.63, 3.8) is 0 Å². The number of azide groups is 2. The van der Waals surface area contributed by atoms with E-state index in [1.807, 2.05) is 13.8 Å². The van der Waals surface area contributed by atoms with Crippen molar-refractivity contribution in [2.45, 2.75) is 26.7 Å². The zero-order valence-electron chi connectivity index (χ0n) is 12.3. The molecule has 0 radical (unpaired) electrons. The maximum Gasteiger partial charge on any atom is 0.310 e. The average molecular weight is 296 g/mol. The summed E-state index contributed by atoms with van der Waals surface area (Å²) in [6, 6.07) is -0.654. The number of carbonyl (C=O) groups is 2. The lowest BCUT2D eigenvalue weighted by atomic mass is 10.3. The molecule has 0 bridgehead atoms. The quantitative estimate of drug-likeness (QED) is 0.367. The highest BCUT2D eigenvalue weighted by molar-refractivity contribution is 5.78. The summed E-state index contributed by atoms with van der Waals surface area (Å²) in [6.07, 6.45) is 1.47. The van der Waals surface area contributed by atoms with Crippen LogP contribution < -0.4 is 0 Å². The van der Waals surface area contributed by atoms with Gasteiger partial charge in [0.05, 0.1) is 0 Å². The maximum absolute atomic E-state index is 11.8. The zero-order valence-corrected chi connectivity index (χ0v) is 12.3. The van der Waals surface area contributed by atoms with Gasteiger partial charge in [0, 0.05) is 41.1 Å². The summed E-state index contributed by atoms with van der Waals surface area (Å²) in [5.41, 5.74) is 16.5. The van der Waals surface area contributed by atoms with Gasteiger partial charge < -0.3 is 9.80 Å². The molecular formula is C11H20N8O2. The molecule has 0 saturated carbocycles. The van der Waals surface area contributed by atoms with Crippen LogP contribution in [-0.2, 0) is 4.79 Å². The molecule has 0 atom stereocenters. The number of nitrogens with zero attached hydrogens (tertiary/aromatic N) is 8. The number of amides is 3. The van der Waals surface area contributed by atoms with Crippen LogP contribution in [0.25, 0.3) is 20.9 Å². The highest BCUT2D eigenvalue weighted by Crippen LogP contribution is 2.00. The minimum atomic E-state index is -0.654. The lowest BCUT2D eigenvalue weighted by Crippen LogP contribution is -2.41. The Morgan fingerprint density at radius 1 is 0.952 bits per heavy atom. The molecule has 10 nitrogen and oxygen atoms in total. The Bertz CT molecular complexity index is 440. The minimum absolute atomic E-state index is 0.241. The van der Waals surface area contributed by atoms with Crippen LogP contribution in [0.1, 0.15) is 26.7 Å². The fourth-order valence-corrected chi connectivity index (χ4v) is 1.74. The molecule has 0 aliphatic carbocycles. The topological polar surface area (TPSA) is 138 Å². The second-order valence-electron chi connectivity index (χ2n) is 4.23. The predicted octanol–water partition coefficient (Wildman–Crippen LogP) is 2.68. The lowest BCUT2D eigenvalue weighted by molar-refractivity contribution is -0.129. The summed E-state index contributed by atoms with van der Waals surface area (Å²) in [4.78, 5) is 31.4. The van der Waals surface area contributed by atoms with Crippen LogP contribution in [0.15, 0.2) is 10.2 Å². The average Bonchev–Trinajstić information content (AvgIpc) is 2.47. The Morgan fingerprint density at radius 3 is 2.05 bits per heavy atom. The zero-order chi connectivity index (χ0) is 16.1. The van der Waals surface area contributed by atoms with Crippen molar-refractivity contribution in [2.24, 2.45) is 10.2 Å². The molecular weight excluding hydrogens is 276 g/mol. The summed E-state index contributed by atoms with van der Waals surface area (Å²) in [5, 5.41) is 6.30. The minimum Gasteiger partial charge on any atom is -0.341 e. The Balaban J connectivity index is 4.67. The normalized spacial score (nSPS) is 9.24. The van der Waals surface area contributed by atoms with E-state index in [0.29, 0.717) is 26.1 Å². The number of carbonyl (C=O) groups excluding carboxylic acids is 2. The third kappa shape index (κ3) is 7.66. The van der Waals surface area contributed by atoms with Crippen molar-refractivity contribution in [1.82, 2.24) is 9.80 Å². The van der Waals surface area contributed by atoms with Crippen molar-refractivity contribution in [3.05, 3.63) is 20.9 Å².